The molecule has 6 nitrogen and oxygen atoms in total. The summed E-state index contributed by atoms with van der Waals surface area (Å²) in [6.07, 6.45) is 0. The van der Waals surface area contributed by atoms with Crippen molar-refractivity contribution in [1.29, 1.82) is 0 Å². The molecule has 0 atom stereocenters. The number of nitro benzene ring substituents is 1. The largest absolute Gasteiger partial charge is 0.272 e. The van der Waals surface area contributed by atoms with Gasteiger partial charge in [0.2, 0.25) is 5.91 Å². The van der Waals surface area contributed by atoms with Gasteiger partial charge in [0.15, 0.2) is 0 Å². The van der Waals surface area contributed by atoms with E-state index >= 15 is 0 Å². The van der Waals surface area contributed by atoms with Crippen LogP contribution in [0.15, 0.2) is 58.1 Å². The quantitative estimate of drug-likeness (QED) is 0.413. The summed E-state index contributed by atoms with van der Waals surface area (Å²) in [5, 5.41) is 14.8. The molecule has 1 N–H and O–H groups in total. The van der Waals surface area contributed by atoms with Gasteiger partial charge in [-0.05, 0) is 24.6 Å². The van der Waals surface area contributed by atoms with Crippen LogP contribution in [0.4, 0.5) is 5.69 Å². The first-order valence-corrected chi connectivity index (χ1v) is 9.30. The number of hydrogen-bond acceptors (Lipinski definition) is 5. The van der Waals surface area contributed by atoms with Crippen molar-refractivity contribution in [2.24, 2.45) is 5.10 Å². The van der Waals surface area contributed by atoms with E-state index in [9.17, 15) is 14.9 Å². The van der Waals surface area contributed by atoms with Gasteiger partial charge in [-0.3, -0.25) is 14.9 Å². The molecule has 0 saturated heterocycles. The number of nitrogens with one attached hydrogen (secondary N) is 1. The summed E-state index contributed by atoms with van der Waals surface area (Å²) >= 11 is 4.87. The zero-order valence-corrected chi connectivity index (χ0v) is 15.8. The smallest absolute Gasteiger partial charge is 0.270 e. The summed E-state index contributed by atoms with van der Waals surface area (Å²) in [6.45, 7) is 1.69. The van der Waals surface area contributed by atoms with Crippen LogP contribution in [0.5, 0.6) is 0 Å². The van der Waals surface area contributed by atoms with Crippen LogP contribution in [0.25, 0.3) is 0 Å². The number of amides is 1. The minimum atomic E-state index is -0.464. The van der Waals surface area contributed by atoms with E-state index < -0.39 is 4.92 Å². The van der Waals surface area contributed by atoms with Crippen molar-refractivity contribution in [3.05, 3.63) is 74.2 Å². The number of nitrogens with zero attached hydrogens (tertiary/aromatic N) is 2. The van der Waals surface area contributed by atoms with Crippen LogP contribution in [-0.4, -0.2) is 22.3 Å². The number of benzene rings is 2. The molecule has 0 saturated carbocycles. The highest BCUT2D eigenvalue weighted by Crippen LogP contribution is 2.16. The fourth-order valence-electron chi connectivity index (χ4n) is 1.93. The fourth-order valence-corrected chi connectivity index (χ4v) is 2.97. The fraction of sp³-hybridized carbons (Fsp3) is 0.176. The van der Waals surface area contributed by atoms with E-state index in [2.05, 4.69) is 26.5 Å². The number of halogens is 1. The highest BCUT2D eigenvalue weighted by Gasteiger charge is 2.08. The summed E-state index contributed by atoms with van der Waals surface area (Å²) in [7, 11) is 0. The van der Waals surface area contributed by atoms with Gasteiger partial charge in [0, 0.05) is 27.9 Å². The molecule has 8 heteroatoms. The first-order chi connectivity index (χ1) is 12.0. The highest BCUT2D eigenvalue weighted by molar-refractivity contribution is 9.10. The van der Waals surface area contributed by atoms with Gasteiger partial charge in [-0.15, -0.1) is 11.8 Å². The molecule has 0 spiro atoms. The zero-order valence-electron chi connectivity index (χ0n) is 13.4. The standard InChI is InChI=1S/C17H16BrN3O3S/c1-12(14-3-2-4-16(9-14)21(23)24)19-20-17(22)11-25-10-13-5-7-15(18)8-6-13/h2-9H,10-11H2,1H3,(H,20,22). The Bertz CT molecular complexity index is 794. The SMILES string of the molecule is CC(=NNC(=O)CSCc1ccc(Br)cc1)c1cccc([N+](=O)[O-])c1. The van der Waals surface area contributed by atoms with Gasteiger partial charge in [0.05, 0.1) is 16.4 Å². The van der Waals surface area contributed by atoms with Crippen molar-refractivity contribution in [1.82, 2.24) is 5.43 Å². The Morgan fingerprint density at radius 2 is 2.00 bits per heavy atom. The van der Waals surface area contributed by atoms with E-state index in [1.807, 2.05) is 24.3 Å². The molecule has 0 radical (unpaired) electrons. The van der Waals surface area contributed by atoms with Crippen molar-refractivity contribution in [2.45, 2.75) is 12.7 Å². The number of nitro groups is 1. The van der Waals surface area contributed by atoms with E-state index in [0.29, 0.717) is 11.3 Å². The van der Waals surface area contributed by atoms with Gasteiger partial charge in [-0.25, -0.2) is 5.43 Å². The summed E-state index contributed by atoms with van der Waals surface area (Å²) in [6, 6.07) is 14.1. The van der Waals surface area contributed by atoms with Crippen LogP contribution in [0.3, 0.4) is 0 Å². The van der Waals surface area contributed by atoms with Crippen molar-refractivity contribution < 1.29 is 9.72 Å². The number of thioether (sulfide) groups is 1. The average Bonchev–Trinajstić information content (AvgIpc) is 2.61. The van der Waals surface area contributed by atoms with Gasteiger partial charge in [0.25, 0.3) is 5.69 Å². The Hall–Kier alpha value is -2.19. The Balaban J connectivity index is 1.83. The summed E-state index contributed by atoms with van der Waals surface area (Å²) in [5.41, 5.74) is 4.71. The molecule has 2 aromatic carbocycles. The predicted molar refractivity (Wildman–Crippen MR) is 104 cm³/mol. The van der Waals surface area contributed by atoms with Crippen LogP contribution in [0, 0.1) is 10.1 Å². The zero-order chi connectivity index (χ0) is 18.2. The maximum atomic E-state index is 11.8. The van der Waals surface area contributed by atoms with Gasteiger partial charge in [-0.2, -0.15) is 5.10 Å². The number of non-ortho nitro benzene ring substituents is 1. The first-order valence-electron chi connectivity index (χ1n) is 7.36. The van der Waals surface area contributed by atoms with Crippen LogP contribution in [-0.2, 0) is 10.5 Å². The maximum Gasteiger partial charge on any atom is 0.270 e. The monoisotopic (exact) mass is 421 g/mol. The van der Waals surface area contributed by atoms with E-state index in [0.717, 1.165) is 15.8 Å². The molecule has 1 amide bonds. The van der Waals surface area contributed by atoms with Gasteiger partial charge >= 0.3 is 0 Å². The summed E-state index contributed by atoms with van der Waals surface area (Å²) < 4.78 is 1.02. The van der Waals surface area contributed by atoms with Crippen molar-refractivity contribution in [3.63, 3.8) is 0 Å². The van der Waals surface area contributed by atoms with Crippen LogP contribution < -0.4 is 5.43 Å². The molecule has 2 aromatic rings. The molecule has 0 aliphatic carbocycles. The molecule has 130 valence electrons. The Labute approximate surface area is 158 Å². The lowest BCUT2D eigenvalue weighted by molar-refractivity contribution is -0.384. The molecule has 0 heterocycles. The van der Waals surface area contributed by atoms with Crippen LogP contribution >= 0.6 is 27.7 Å². The van der Waals surface area contributed by atoms with Crippen LogP contribution in [0.2, 0.25) is 0 Å². The number of rotatable bonds is 7. The number of hydrazone groups is 1. The lowest BCUT2D eigenvalue weighted by Gasteiger charge is -2.04. The normalized spacial score (nSPS) is 11.2. The molecule has 0 aliphatic heterocycles. The Kier molecular flexibility index (Phi) is 7.15. The van der Waals surface area contributed by atoms with Gasteiger partial charge < -0.3 is 0 Å². The molecule has 25 heavy (non-hydrogen) atoms. The first kappa shape index (κ1) is 19.1. The highest BCUT2D eigenvalue weighted by atomic mass is 79.9. The summed E-state index contributed by atoms with van der Waals surface area (Å²) in [4.78, 5) is 22.2. The maximum absolute atomic E-state index is 11.8. The number of carbonyl (C=O) groups excluding carboxylic acids is 1. The lowest BCUT2D eigenvalue weighted by atomic mass is 10.1. The number of hydrogen-bond donors (Lipinski definition) is 1. The van der Waals surface area contributed by atoms with Gasteiger partial charge in [0.1, 0.15) is 0 Å². The molecular formula is C17H16BrN3O3S. The van der Waals surface area contributed by atoms with E-state index in [4.69, 9.17) is 0 Å². The second-order valence-corrected chi connectivity index (χ2v) is 7.06. The minimum absolute atomic E-state index is 0.0107. The molecular weight excluding hydrogens is 406 g/mol. The third kappa shape index (κ3) is 6.32. The minimum Gasteiger partial charge on any atom is -0.272 e. The van der Waals surface area contributed by atoms with E-state index in [1.54, 1.807) is 19.1 Å². The van der Waals surface area contributed by atoms with E-state index in [1.165, 1.54) is 23.9 Å². The predicted octanol–water partition coefficient (Wildman–Crippen LogP) is 4.13. The van der Waals surface area contributed by atoms with Crippen molar-refractivity contribution >= 4 is 45.0 Å². The molecule has 0 aromatic heterocycles. The van der Waals surface area contributed by atoms with Crippen molar-refractivity contribution in [2.75, 3.05) is 5.75 Å². The Morgan fingerprint density at radius 1 is 1.28 bits per heavy atom. The van der Waals surface area contributed by atoms with Crippen molar-refractivity contribution in [3.8, 4) is 0 Å². The third-order valence-corrected chi connectivity index (χ3v) is 4.77. The van der Waals surface area contributed by atoms with Crippen LogP contribution in [0.1, 0.15) is 18.1 Å². The molecule has 0 bridgehead atoms. The molecule has 0 unspecified atom stereocenters. The molecule has 0 aliphatic rings. The third-order valence-electron chi connectivity index (χ3n) is 3.24. The Morgan fingerprint density at radius 3 is 2.68 bits per heavy atom. The summed E-state index contributed by atoms with van der Waals surface area (Å²) in [5.74, 6) is 0.794. The second kappa shape index (κ2) is 9.33. The van der Waals surface area contributed by atoms with Gasteiger partial charge in [-0.1, -0.05) is 40.2 Å². The van der Waals surface area contributed by atoms with E-state index in [-0.39, 0.29) is 17.3 Å². The molecule has 2 rings (SSSR count). The average molecular weight is 422 g/mol. The topological polar surface area (TPSA) is 84.6 Å². The second-order valence-electron chi connectivity index (χ2n) is 5.16. The number of carbonyl (C=O) groups is 1. The molecule has 0 fully saturated rings. The lowest BCUT2D eigenvalue weighted by Crippen LogP contribution is -2.21.